The van der Waals surface area contributed by atoms with E-state index >= 15 is 0 Å². The third-order valence-electron chi connectivity index (χ3n) is 2.77. The van der Waals surface area contributed by atoms with E-state index in [4.69, 9.17) is 5.73 Å². The van der Waals surface area contributed by atoms with Gasteiger partial charge in [0.2, 0.25) is 0 Å². The summed E-state index contributed by atoms with van der Waals surface area (Å²) in [5, 5.41) is 0. The molecule has 8 heteroatoms. The van der Waals surface area contributed by atoms with E-state index in [2.05, 4.69) is 0 Å². The minimum Gasteiger partial charge on any atom is -0.399 e. The number of aryl methyl sites for hydroxylation is 1. The van der Waals surface area contributed by atoms with E-state index in [1.54, 1.807) is 0 Å². The fourth-order valence-electron chi connectivity index (χ4n) is 1.73. The van der Waals surface area contributed by atoms with Crippen molar-refractivity contribution in [3.05, 3.63) is 53.3 Å². The third-order valence-corrected chi connectivity index (χ3v) is 4.11. The number of halogens is 3. The van der Waals surface area contributed by atoms with Gasteiger partial charge >= 0.3 is 0 Å². The van der Waals surface area contributed by atoms with Gasteiger partial charge < -0.3 is 5.73 Å². The first kappa shape index (κ1) is 15.2. The van der Waals surface area contributed by atoms with Crippen LogP contribution in [0.15, 0.2) is 35.2 Å². The smallest absolute Gasteiger partial charge is 0.265 e. The molecule has 0 radical (unpaired) electrons. The highest BCUT2D eigenvalue weighted by atomic mass is 32.2. The van der Waals surface area contributed by atoms with Crippen LogP contribution in [0.4, 0.5) is 24.5 Å². The summed E-state index contributed by atoms with van der Waals surface area (Å²) in [5.41, 5.74) is 5.00. The number of hydrogen-bond acceptors (Lipinski definition) is 3. The number of hydrogen-bond donors (Lipinski definition) is 2. The minimum atomic E-state index is -4.52. The van der Waals surface area contributed by atoms with Gasteiger partial charge in [0.05, 0.1) is 5.69 Å². The van der Waals surface area contributed by atoms with E-state index in [0.29, 0.717) is 11.6 Å². The molecule has 0 aliphatic heterocycles. The maximum absolute atomic E-state index is 13.6. The lowest BCUT2D eigenvalue weighted by Crippen LogP contribution is -2.17. The Bertz CT molecular complexity index is 787. The summed E-state index contributed by atoms with van der Waals surface area (Å²) in [7, 11) is -4.52. The summed E-state index contributed by atoms with van der Waals surface area (Å²) in [6.45, 7) is 1.47. The molecule has 0 saturated heterocycles. The number of anilines is 2. The Morgan fingerprint density at radius 3 is 2.38 bits per heavy atom. The molecule has 0 heterocycles. The Morgan fingerprint density at radius 2 is 1.76 bits per heavy atom. The van der Waals surface area contributed by atoms with Crippen molar-refractivity contribution in [1.82, 2.24) is 0 Å². The molecule has 21 heavy (non-hydrogen) atoms. The van der Waals surface area contributed by atoms with Gasteiger partial charge in [0, 0.05) is 5.69 Å². The lowest BCUT2D eigenvalue weighted by molar-refractivity contribution is 0.486. The molecule has 0 aromatic heterocycles. The zero-order chi connectivity index (χ0) is 15.8. The molecule has 0 aliphatic rings. The topological polar surface area (TPSA) is 72.2 Å². The van der Waals surface area contributed by atoms with Gasteiger partial charge in [-0.25, -0.2) is 21.6 Å². The van der Waals surface area contributed by atoms with Crippen molar-refractivity contribution in [1.29, 1.82) is 0 Å². The van der Waals surface area contributed by atoms with E-state index < -0.39 is 32.4 Å². The number of nitrogens with two attached hydrogens (primary N) is 1. The van der Waals surface area contributed by atoms with Gasteiger partial charge in [0.15, 0.2) is 11.6 Å². The van der Waals surface area contributed by atoms with E-state index in [0.717, 1.165) is 12.1 Å². The molecule has 0 aliphatic carbocycles. The number of nitrogen functional groups attached to an aromatic ring is 1. The van der Waals surface area contributed by atoms with Gasteiger partial charge in [-0.2, -0.15) is 0 Å². The van der Waals surface area contributed by atoms with Gasteiger partial charge in [-0.05, 0) is 30.7 Å². The monoisotopic (exact) mass is 316 g/mol. The first-order valence-electron chi connectivity index (χ1n) is 5.75. The molecular formula is C13H11F3N2O2S. The maximum atomic E-state index is 13.6. The van der Waals surface area contributed by atoms with Crippen molar-refractivity contribution < 1.29 is 21.6 Å². The SMILES string of the molecule is Cc1cccc(F)c1NS(=O)(=O)c1cc(N)cc(F)c1F. The zero-order valence-electron chi connectivity index (χ0n) is 10.8. The molecule has 0 atom stereocenters. The Kier molecular flexibility index (Phi) is 3.82. The van der Waals surface area contributed by atoms with E-state index in [9.17, 15) is 21.6 Å². The Morgan fingerprint density at radius 1 is 1.10 bits per heavy atom. The number of nitrogens with one attached hydrogen (secondary N) is 1. The van der Waals surface area contributed by atoms with Gasteiger partial charge in [-0.1, -0.05) is 12.1 Å². The van der Waals surface area contributed by atoms with Crippen LogP contribution in [0.2, 0.25) is 0 Å². The highest BCUT2D eigenvalue weighted by Gasteiger charge is 2.24. The summed E-state index contributed by atoms with van der Waals surface area (Å²) in [4.78, 5) is -0.984. The van der Waals surface area contributed by atoms with Crippen LogP contribution in [0.25, 0.3) is 0 Å². The van der Waals surface area contributed by atoms with Gasteiger partial charge in [-0.15, -0.1) is 0 Å². The summed E-state index contributed by atoms with van der Waals surface area (Å²) in [5.74, 6) is -3.81. The van der Waals surface area contributed by atoms with Crippen LogP contribution in [0.3, 0.4) is 0 Å². The van der Waals surface area contributed by atoms with Crippen LogP contribution >= 0.6 is 0 Å². The average molecular weight is 316 g/mol. The van der Waals surface area contributed by atoms with E-state index in [1.165, 1.54) is 19.1 Å². The molecule has 3 N–H and O–H groups in total. The molecule has 0 bridgehead atoms. The third kappa shape index (κ3) is 2.94. The fraction of sp³-hybridized carbons (Fsp3) is 0.0769. The summed E-state index contributed by atoms with van der Waals surface area (Å²) < 4.78 is 66.6. The Balaban J connectivity index is 2.54. The summed E-state index contributed by atoms with van der Waals surface area (Å²) in [6, 6.07) is 5.32. The van der Waals surface area contributed by atoms with Gasteiger partial charge in [-0.3, -0.25) is 4.72 Å². The second-order valence-electron chi connectivity index (χ2n) is 4.35. The first-order valence-corrected chi connectivity index (χ1v) is 7.23. The van der Waals surface area contributed by atoms with Crippen LogP contribution in [-0.4, -0.2) is 8.42 Å². The van der Waals surface area contributed by atoms with E-state index in [-0.39, 0.29) is 11.4 Å². The van der Waals surface area contributed by atoms with Crippen molar-refractivity contribution in [2.45, 2.75) is 11.8 Å². The quantitative estimate of drug-likeness (QED) is 0.855. The number of para-hydroxylation sites is 1. The lowest BCUT2D eigenvalue weighted by atomic mass is 10.2. The predicted molar refractivity (Wildman–Crippen MR) is 72.7 cm³/mol. The van der Waals surface area contributed by atoms with Crippen molar-refractivity contribution in [3.63, 3.8) is 0 Å². The molecule has 0 saturated carbocycles. The van der Waals surface area contributed by atoms with E-state index in [1.807, 2.05) is 4.72 Å². The summed E-state index contributed by atoms with van der Waals surface area (Å²) in [6.07, 6.45) is 0. The van der Waals surface area contributed by atoms with Crippen LogP contribution in [0.5, 0.6) is 0 Å². The van der Waals surface area contributed by atoms with Crippen LogP contribution in [0.1, 0.15) is 5.56 Å². The normalized spacial score (nSPS) is 11.4. The lowest BCUT2D eigenvalue weighted by Gasteiger charge is -2.12. The zero-order valence-corrected chi connectivity index (χ0v) is 11.6. The molecule has 2 aromatic rings. The maximum Gasteiger partial charge on any atom is 0.265 e. The number of rotatable bonds is 3. The van der Waals surface area contributed by atoms with Crippen LogP contribution in [0, 0.1) is 24.4 Å². The second-order valence-corrected chi connectivity index (χ2v) is 6.00. The molecular weight excluding hydrogens is 305 g/mol. The molecule has 2 rings (SSSR count). The number of benzene rings is 2. The van der Waals surface area contributed by atoms with Gasteiger partial charge in [0.25, 0.3) is 10.0 Å². The second kappa shape index (κ2) is 5.28. The number of sulfonamides is 1. The molecule has 0 amide bonds. The predicted octanol–water partition coefficient (Wildman–Crippen LogP) is 2.80. The Labute approximate surface area is 119 Å². The summed E-state index contributed by atoms with van der Waals surface area (Å²) >= 11 is 0. The molecule has 0 unspecified atom stereocenters. The highest BCUT2D eigenvalue weighted by Crippen LogP contribution is 2.26. The fourth-order valence-corrected chi connectivity index (χ4v) is 2.99. The molecule has 0 spiro atoms. The van der Waals surface area contributed by atoms with Crippen molar-refractivity contribution in [2.24, 2.45) is 0 Å². The van der Waals surface area contributed by atoms with Crippen molar-refractivity contribution in [3.8, 4) is 0 Å². The van der Waals surface area contributed by atoms with Crippen molar-refractivity contribution >= 4 is 21.4 Å². The first-order chi connectivity index (χ1) is 9.72. The molecule has 112 valence electrons. The largest absolute Gasteiger partial charge is 0.399 e. The van der Waals surface area contributed by atoms with Crippen molar-refractivity contribution in [2.75, 3.05) is 10.5 Å². The van der Waals surface area contributed by atoms with Crippen LogP contribution in [-0.2, 0) is 10.0 Å². The van der Waals surface area contributed by atoms with Crippen LogP contribution < -0.4 is 10.5 Å². The molecule has 0 fully saturated rings. The molecule has 2 aromatic carbocycles. The highest BCUT2D eigenvalue weighted by molar-refractivity contribution is 7.92. The minimum absolute atomic E-state index is 0.264. The standard InChI is InChI=1S/C13H11F3N2O2S/c1-7-3-2-4-9(14)13(7)18-21(19,20)11-6-8(17)5-10(15)12(11)16/h2-6,18H,17H2,1H3. The van der Waals surface area contributed by atoms with Gasteiger partial charge in [0.1, 0.15) is 10.7 Å². The molecule has 4 nitrogen and oxygen atoms in total. The average Bonchev–Trinajstić information content (AvgIpc) is 2.38. The Hall–Kier alpha value is -2.22.